The largest absolute Gasteiger partial charge is 0.297 e. The highest BCUT2D eigenvalue weighted by molar-refractivity contribution is 5.85. The van der Waals surface area contributed by atoms with E-state index in [2.05, 4.69) is 4.84 Å². The Morgan fingerprint density at radius 1 is 1.67 bits per heavy atom. The van der Waals surface area contributed by atoms with Crippen molar-refractivity contribution in [3.8, 4) is 0 Å². The molecule has 3 nitrogen and oxygen atoms in total. The first kappa shape index (κ1) is 6.71. The fourth-order valence-electron chi connectivity index (χ4n) is 1.05. The van der Waals surface area contributed by atoms with Crippen molar-refractivity contribution < 1.29 is 9.63 Å². The minimum atomic E-state index is -0.597. The maximum Gasteiger partial charge on any atom is 0.163 e. The van der Waals surface area contributed by atoms with E-state index in [0.29, 0.717) is 0 Å². The third-order valence-electron chi connectivity index (χ3n) is 2.03. The molecule has 1 saturated carbocycles. The lowest BCUT2D eigenvalue weighted by atomic mass is 9.77. The van der Waals surface area contributed by atoms with E-state index in [-0.39, 0.29) is 5.78 Å². The van der Waals surface area contributed by atoms with Crippen molar-refractivity contribution in [3.63, 3.8) is 0 Å². The van der Waals surface area contributed by atoms with Gasteiger partial charge in [-0.1, -0.05) is 0 Å². The molecule has 0 amide bonds. The van der Waals surface area contributed by atoms with Crippen LogP contribution in [0.1, 0.15) is 26.2 Å². The average Bonchev–Trinajstić information content (AvgIpc) is 1.62. The zero-order chi connectivity index (χ0) is 6.91. The van der Waals surface area contributed by atoms with Crippen LogP contribution in [0.2, 0.25) is 0 Å². The summed E-state index contributed by atoms with van der Waals surface area (Å²) in [7, 11) is 0. The molecule has 0 aromatic carbocycles. The molecule has 1 fully saturated rings. The Hall–Kier alpha value is -0.410. The second-order valence-electron chi connectivity index (χ2n) is 2.52. The van der Waals surface area contributed by atoms with E-state index in [0.717, 1.165) is 19.3 Å². The van der Waals surface area contributed by atoms with Crippen LogP contribution in [0, 0.1) is 0 Å². The van der Waals surface area contributed by atoms with Gasteiger partial charge in [0.15, 0.2) is 5.78 Å². The number of carbonyl (C=O) groups excluding carboxylic acids is 1. The molecule has 0 spiro atoms. The van der Waals surface area contributed by atoms with E-state index >= 15 is 0 Å². The van der Waals surface area contributed by atoms with Crippen LogP contribution < -0.4 is 5.90 Å². The van der Waals surface area contributed by atoms with Gasteiger partial charge in [0.25, 0.3) is 0 Å². The molecule has 52 valence electrons. The lowest BCUT2D eigenvalue weighted by Gasteiger charge is -2.36. The van der Waals surface area contributed by atoms with Gasteiger partial charge < -0.3 is 0 Å². The first-order valence-electron chi connectivity index (χ1n) is 3.10. The molecule has 0 radical (unpaired) electrons. The SMILES string of the molecule is CC(=O)C1(ON)CCC1. The molecule has 0 aromatic rings. The van der Waals surface area contributed by atoms with Crippen LogP contribution in [0.4, 0.5) is 0 Å². The van der Waals surface area contributed by atoms with Gasteiger partial charge in [-0.25, -0.2) is 5.90 Å². The molecule has 2 N–H and O–H groups in total. The first-order chi connectivity index (χ1) is 4.21. The van der Waals surface area contributed by atoms with Gasteiger partial charge in [-0.15, -0.1) is 0 Å². The van der Waals surface area contributed by atoms with E-state index in [1.165, 1.54) is 6.92 Å². The number of rotatable bonds is 2. The lowest BCUT2D eigenvalue weighted by Crippen LogP contribution is -2.48. The highest BCUT2D eigenvalue weighted by Crippen LogP contribution is 2.34. The fourth-order valence-corrected chi connectivity index (χ4v) is 1.05. The van der Waals surface area contributed by atoms with Crippen LogP contribution in [0.5, 0.6) is 0 Å². The van der Waals surface area contributed by atoms with Crippen molar-refractivity contribution in [2.24, 2.45) is 5.90 Å². The van der Waals surface area contributed by atoms with E-state index in [9.17, 15) is 4.79 Å². The van der Waals surface area contributed by atoms with Crippen molar-refractivity contribution in [3.05, 3.63) is 0 Å². The highest BCUT2D eigenvalue weighted by Gasteiger charge is 2.42. The number of hydrogen-bond donors (Lipinski definition) is 1. The average molecular weight is 129 g/mol. The molecular formula is C6H11NO2. The maximum absolute atomic E-state index is 10.8. The van der Waals surface area contributed by atoms with E-state index in [1.54, 1.807) is 0 Å². The highest BCUT2D eigenvalue weighted by atomic mass is 16.6. The molecule has 0 atom stereocenters. The molecule has 1 aliphatic carbocycles. The molecule has 0 heterocycles. The molecule has 1 aliphatic rings. The quantitative estimate of drug-likeness (QED) is 0.548. The van der Waals surface area contributed by atoms with Crippen LogP contribution in [0.25, 0.3) is 0 Å². The fraction of sp³-hybridized carbons (Fsp3) is 0.833. The van der Waals surface area contributed by atoms with E-state index in [1.807, 2.05) is 0 Å². The summed E-state index contributed by atoms with van der Waals surface area (Å²) in [6, 6.07) is 0. The zero-order valence-corrected chi connectivity index (χ0v) is 5.52. The molecule has 0 bridgehead atoms. The zero-order valence-electron chi connectivity index (χ0n) is 5.52. The Labute approximate surface area is 54.1 Å². The van der Waals surface area contributed by atoms with Gasteiger partial charge in [0.05, 0.1) is 0 Å². The van der Waals surface area contributed by atoms with Gasteiger partial charge in [-0.2, -0.15) is 0 Å². The summed E-state index contributed by atoms with van der Waals surface area (Å²) in [4.78, 5) is 15.4. The second kappa shape index (κ2) is 2.08. The topological polar surface area (TPSA) is 52.3 Å². The molecule has 0 saturated heterocycles. The number of hydrogen-bond acceptors (Lipinski definition) is 3. The predicted molar refractivity (Wildman–Crippen MR) is 32.5 cm³/mol. The third kappa shape index (κ3) is 0.862. The van der Waals surface area contributed by atoms with Gasteiger partial charge in [-0.3, -0.25) is 9.63 Å². The molecule has 3 heteroatoms. The van der Waals surface area contributed by atoms with Gasteiger partial charge in [-0.05, 0) is 26.2 Å². The van der Waals surface area contributed by atoms with Crippen molar-refractivity contribution in [1.29, 1.82) is 0 Å². The lowest BCUT2D eigenvalue weighted by molar-refractivity contribution is -0.156. The minimum Gasteiger partial charge on any atom is -0.297 e. The van der Waals surface area contributed by atoms with Gasteiger partial charge >= 0.3 is 0 Å². The Balaban J connectivity index is 2.57. The van der Waals surface area contributed by atoms with Crippen LogP contribution >= 0.6 is 0 Å². The van der Waals surface area contributed by atoms with Crippen LogP contribution in [0.3, 0.4) is 0 Å². The Morgan fingerprint density at radius 3 is 2.22 bits per heavy atom. The smallest absolute Gasteiger partial charge is 0.163 e. The Bertz CT molecular complexity index is 124. The summed E-state index contributed by atoms with van der Waals surface area (Å²) in [5, 5.41) is 0. The first-order valence-corrected chi connectivity index (χ1v) is 3.10. The van der Waals surface area contributed by atoms with Crippen LogP contribution in [0.15, 0.2) is 0 Å². The summed E-state index contributed by atoms with van der Waals surface area (Å²) < 4.78 is 0. The molecule has 0 aliphatic heterocycles. The normalized spacial score (nSPS) is 22.9. The molecule has 1 rings (SSSR count). The Kier molecular flexibility index (Phi) is 1.55. The molecule has 0 unspecified atom stereocenters. The predicted octanol–water partition coefficient (Wildman–Crippen LogP) is 0.388. The standard InChI is InChI=1S/C6H11NO2/c1-5(8)6(9-7)3-2-4-6/h2-4,7H2,1H3. The number of nitrogens with two attached hydrogens (primary N) is 1. The maximum atomic E-state index is 10.8. The van der Waals surface area contributed by atoms with Gasteiger partial charge in [0, 0.05) is 0 Å². The molecule has 0 aromatic heterocycles. The van der Waals surface area contributed by atoms with Crippen LogP contribution in [-0.2, 0) is 9.63 Å². The summed E-state index contributed by atoms with van der Waals surface area (Å²) >= 11 is 0. The minimum absolute atomic E-state index is 0.0521. The van der Waals surface area contributed by atoms with Crippen molar-refractivity contribution in [1.82, 2.24) is 0 Å². The number of ketones is 1. The van der Waals surface area contributed by atoms with Crippen molar-refractivity contribution >= 4 is 5.78 Å². The van der Waals surface area contributed by atoms with Gasteiger partial charge in [0.2, 0.25) is 0 Å². The van der Waals surface area contributed by atoms with E-state index in [4.69, 9.17) is 5.90 Å². The third-order valence-corrected chi connectivity index (χ3v) is 2.03. The Morgan fingerprint density at radius 2 is 2.22 bits per heavy atom. The molecule has 9 heavy (non-hydrogen) atoms. The van der Waals surface area contributed by atoms with Crippen LogP contribution in [-0.4, -0.2) is 11.4 Å². The molecular weight excluding hydrogens is 118 g/mol. The van der Waals surface area contributed by atoms with Crippen molar-refractivity contribution in [2.75, 3.05) is 0 Å². The summed E-state index contributed by atoms with van der Waals surface area (Å²) in [6.45, 7) is 1.52. The second-order valence-corrected chi connectivity index (χ2v) is 2.52. The van der Waals surface area contributed by atoms with Crippen molar-refractivity contribution in [2.45, 2.75) is 31.8 Å². The van der Waals surface area contributed by atoms with Gasteiger partial charge in [0.1, 0.15) is 5.60 Å². The number of carbonyl (C=O) groups is 1. The summed E-state index contributed by atoms with van der Waals surface area (Å²) in [5.74, 6) is 5.00. The summed E-state index contributed by atoms with van der Waals surface area (Å²) in [6.07, 6.45) is 2.63. The monoisotopic (exact) mass is 129 g/mol. The summed E-state index contributed by atoms with van der Waals surface area (Å²) in [5.41, 5.74) is -0.597. The van der Waals surface area contributed by atoms with E-state index < -0.39 is 5.60 Å². The number of Topliss-reactive ketones (excluding diaryl/α,β-unsaturated/α-hetero) is 1.